The van der Waals surface area contributed by atoms with Gasteiger partial charge in [-0.05, 0) is 56.6 Å². The van der Waals surface area contributed by atoms with Crippen molar-refractivity contribution in [1.82, 2.24) is 5.32 Å². The maximum absolute atomic E-state index is 5.87. The summed E-state index contributed by atoms with van der Waals surface area (Å²) in [6.45, 7) is 7.01. The van der Waals surface area contributed by atoms with Gasteiger partial charge in [-0.15, -0.1) is 0 Å². The number of benzene rings is 1. The predicted molar refractivity (Wildman–Crippen MR) is 69.5 cm³/mol. The van der Waals surface area contributed by atoms with Gasteiger partial charge in [0.1, 0.15) is 5.75 Å². The fraction of sp³-hybridized carbons (Fsp3) is 0.538. The van der Waals surface area contributed by atoms with Crippen LogP contribution in [0.25, 0.3) is 0 Å². The number of halogens is 1. The third-order valence-electron chi connectivity index (χ3n) is 2.39. The van der Waals surface area contributed by atoms with Gasteiger partial charge in [0.25, 0.3) is 0 Å². The number of ether oxygens (including phenoxy) is 1. The first-order chi connectivity index (χ1) is 7.74. The first kappa shape index (κ1) is 13.3. The summed E-state index contributed by atoms with van der Waals surface area (Å²) in [5, 5.41) is 4.05. The molecular formula is C13H20ClNO. The maximum Gasteiger partial charge on any atom is 0.122 e. The highest BCUT2D eigenvalue weighted by atomic mass is 35.5. The standard InChI is InChI=1S/C13H20ClNO/c1-3-15-8-4-5-9-16-13-7-6-12(14)10-11(13)2/h6-7,10,15H,3-5,8-9H2,1-2H3. The molecule has 0 saturated carbocycles. The van der Waals surface area contributed by atoms with Gasteiger partial charge in [-0.1, -0.05) is 18.5 Å². The zero-order valence-electron chi connectivity index (χ0n) is 10.1. The van der Waals surface area contributed by atoms with E-state index in [1.165, 1.54) is 0 Å². The van der Waals surface area contributed by atoms with Gasteiger partial charge >= 0.3 is 0 Å². The zero-order chi connectivity index (χ0) is 11.8. The van der Waals surface area contributed by atoms with Crippen molar-refractivity contribution in [2.45, 2.75) is 26.7 Å². The molecule has 0 aliphatic carbocycles. The smallest absolute Gasteiger partial charge is 0.122 e. The van der Waals surface area contributed by atoms with Crippen molar-refractivity contribution >= 4 is 11.6 Å². The second kappa shape index (κ2) is 7.53. The second-order valence-electron chi connectivity index (χ2n) is 3.82. The topological polar surface area (TPSA) is 21.3 Å². The average molecular weight is 242 g/mol. The third-order valence-corrected chi connectivity index (χ3v) is 2.63. The quantitative estimate of drug-likeness (QED) is 0.739. The molecule has 1 aromatic rings. The van der Waals surface area contributed by atoms with Crippen LogP contribution in [0.5, 0.6) is 5.75 Å². The number of rotatable bonds is 7. The lowest BCUT2D eigenvalue weighted by Crippen LogP contribution is -2.14. The summed E-state index contributed by atoms with van der Waals surface area (Å²) >= 11 is 5.87. The highest BCUT2D eigenvalue weighted by molar-refractivity contribution is 6.30. The van der Waals surface area contributed by atoms with E-state index in [1.54, 1.807) is 0 Å². The summed E-state index contributed by atoms with van der Waals surface area (Å²) in [5.41, 5.74) is 1.10. The van der Waals surface area contributed by atoms with E-state index in [0.29, 0.717) is 0 Å². The molecule has 0 unspecified atom stereocenters. The minimum atomic E-state index is 0.761. The number of nitrogens with one attached hydrogen (secondary N) is 1. The van der Waals surface area contributed by atoms with E-state index in [-0.39, 0.29) is 0 Å². The zero-order valence-corrected chi connectivity index (χ0v) is 10.8. The molecule has 0 fully saturated rings. The Hall–Kier alpha value is -0.730. The minimum Gasteiger partial charge on any atom is -0.493 e. The fourth-order valence-corrected chi connectivity index (χ4v) is 1.71. The third kappa shape index (κ3) is 4.86. The lowest BCUT2D eigenvalue weighted by Gasteiger charge is -2.09. The highest BCUT2D eigenvalue weighted by Crippen LogP contribution is 2.21. The number of hydrogen-bond acceptors (Lipinski definition) is 2. The van der Waals surface area contributed by atoms with Crippen LogP contribution in [0.15, 0.2) is 18.2 Å². The normalized spacial score (nSPS) is 10.4. The van der Waals surface area contributed by atoms with Crippen molar-refractivity contribution in [3.05, 3.63) is 28.8 Å². The van der Waals surface area contributed by atoms with Crippen LogP contribution in [-0.2, 0) is 0 Å². The maximum atomic E-state index is 5.87. The van der Waals surface area contributed by atoms with Gasteiger partial charge in [0.05, 0.1) is 6.61 Å². The monoisotopic (exact) mass is 241 g/mol. The summed E-state index contributed by atoms with van der Waals surface area (Å²) < 4.78 is 5.69. The predicted octanol–water partition coefficient (Wildman–Crippen LogP) is 3.42. The van der Waals surface area contributed by atoms with Crippen LogP contribution in [0.2, 0.25) is 5.02 Å². The molecule has 0 aromatic heterocycles. The highest BCUT2D eigenvalue weighted by Gasteiger charge is 1.99. The molecule has 0 aliphatic heterocycles. The number of hydrogen-bond donors (Lipinski definition) is 1. The molecule has 0 amide bonds. The molecular weight excluding hydrogens is 222 g/mol. The number of aryl methyl sites for hydroxylation is 1. The van der Waals surface area contributed by atoms with Crippen LogP contribution in [0.1, 0.15) is 25.3 Å². The molecule has 2 nitrogen and oxygen atoms in total. The van der Waals surface area contributed by atoms with Gasteiger partial charge in [-0.25, -0.2) is 0 Å². The molecule has 0 heterocycles. The van der Waals surface area contributed by atoms with Crippen molar-refractivity contribution in [3.63, 3.8) is 0 Å². The molecule has 0 atom stereocenters. The van der Waals surface area contributed by atoms with Crippen LogP contribution in [0, 0.1) is 6.92 Å². The Morgan fingerprint density at radius 2 is 2.12 bits per heavy atom. The summed E-state index contributed by atoms with van der Waals surface area (Å²) in [5.74, 6) is 0.938. The SMILES string of the molecule is CCNCCCCOc1ccc(Cl)cc1C. The van der Waals surface area contributed by atoms with Crippen LogP contribution < -0.4 is 10.1 Å². The van der Waals surface area contributed by atoms with Crippen molar-refractivity contribution in [2.24, 2.45) is 0 Å². The molecule has 1 rings (SSSR count). The van der Waals surface area contributed by atoms with Gasteiger partial charge in [-0.2, -0.15) is 0 Å². The summed E-state index contributed by atoms with van der Waals surface area (Å²) in [6.07, 6.45) is 2.23. The Labute approximate surface area is 103 Å². The van der Waals surface area contributed by atoms with E-state index >= 15 is 0 Å². The van der Waals surface area contributed by atoms with E-state index in [2.05, 4.69) is 12.2 Å². The summed E-state index contributed by atoms with van der Waals surface area (Å²) in [6, 6.07) is 5.72. The molecule has 0 spiro atoms. The molecule has 0 aliphatic rings. The lowest BCUT2D eigenvalue weighted by molar-refractivity contribution is 0.304. The van der Waals surface area contributed by atoms with Crippen LogP contribution in [-0.4, -0.2) is 19.7 Å². The van der Waals surface area contributed by atoms with Crippen molar-refractivity contribution in [3.8, 4) is 5.75 Å². The van der Waals surface area contributed by atoms with E-state index < -0.39 is 0 Å². The molecule has 0 radical (unpaired) electrons. The van der Waals surface area contributed by atoms with Gasteiger partial charge in [0, 0.05) is 5.02 Å². The van der Waals surface area contributed by atoms with Gasteiger partial charge < -0.3 is 10.1 Å². The Morgan fingerprint density at radius 1 is 1.31 bits per heavy atom. The molecule has 3 heteroatoms. The second-order valence-corrected chi connectivity index (χ2v) is 4.26. The molecule has 1 N–H and O–H groups in total. The molecule has 0 saturated heterocycles. The Morgan fingerprint density at radius 3 is 2.81 bits per heavy atom. The first-order valence-electron chi connectivity index (χ1n) is 5.83. The summed E-state index contributed by atoms with van der Waals surface area (Å²) in [4.78, 5) is 0. The van der Waals surface area contributed by atoms with E-state index in [4.69, 9.17) is 16.3 Å². The molecule has 16 heavy (non-hydrogen) atoms. The average Bonchev–Trinajstić information content (AvgIpc) is 2.26. The van der Waals surface area contributed by atoms with Gasteiger partial charge in [0.2, 0.25) is 0 Å². The van der Waals surface area contributed by atoms with E-state index in [9.17, 15) is 0 Å². The van der Waals surface area contributed by atoms with Crippen LogP contribution in [0.4, 0.5) is 0 Å². The molecule has 0 bridgehead atoms. The van der Waals surface area contributed by atoms with Crippen molar-refractivity contribution < 1.29 is 4.74 Å². The van der Waals surface area contributed by atoms with Crippen LogP contribution in [0.3, 0.4) is 0 Å². The van der Waals surface area contributed by atoms with Crippen molar-refractivity contribution in [2.75, 3.05) is 19.7 Å². The van der Waals surface area contributed by atoms with Crippen LogP contribution >= 0.6 is 11.6 Å². The first-order valence-corrected chi connectivity index (χ1v) is 6.21. The number of unbranched alkanes of at least 4 members (excludes halogenated alkanes) is 1. The minimum absolute atomic E-state index is 0.761. The fourth-order valence-electron chi connectivity index (χ4n) is 1.49. The molecule has 90 valence electrons. The van der Waals surface area contributed by atoms with E-state index in [0.717, 1.165) is 48.9 Å². The van der Waals surface area contributed by atoms with Gasteiger partial charge in [-0.3, -0.25) is 0 Å². The largest absolute Gasteiger partial charge is 0.493 e. The van der Waals surface area contributed by atoms with Crippen molar-refractivity contribution in [1.29, 1.82) is 0 Å². The lowest BCUT2D eigenvalue weighted by atomic mass is 10.2. The molecule has 1 aromatic carbocycles. The Kier molecular flexibility index (Phi) is 6.27. The Balaban J connectivity index is 2.21. The Bertz CT molecular complexity index is 315. The summed E-state index contributed by atoms with van der Waals surface area (Å²) in [7, 11) is 0. The van der Waals surface area contributed by atoms with Gasteiger partial charge in [0.15, 0.2) is 0 Å². The van der Waals surface area contributed by atoms with E-state index in [1.807, 2.05) is 25.1 Å².